The van der Waals surface area contributed by atoms with Crippen LogP contribution in [0.5, 0.6) is 0 Å². The van der Waals surface area contributed by atoms with Crippen molar-refractivity contribution in [2.24, 2.45) is 0 Å². The number of hydrogen-bond donors (Lipinski definition) is 2. The second-order valence-corrected chi connectivity index (χ2v) is 7.37. The van der Waals surface area contributed by atoms with Crippen LogP contribution < -0.4 is 10.2 Å². The third-order valence-corrected chi connectivity index (χ3v) is 5.29. The van der Waals surface area contributed by atoms with Crippen LogP contribution in [0.25, 0.3) is 0 Å². The summed E-state index contributed by atoms with van der Waals surface area (Å²) >= 11 is 0. The zero-order valence-electron chi connectivity index (χ0n) is 15.9. The number of rotatable bonds is 3. The van der Waals surface area contributed by atoms with E-state index in [2.05, 4.69) is 10.2 Å². The summed E-state index contributed by atoms with van der Waals surface area (Å²) in [7, 11) is 3.97. The Kier molecular flexibility index (Phi) is 6.01. The largest absolute Gasteiger partial charge is 0.389 e. The van der Waals surface area contributed by atoms with Crippen LogP contribution >= 0.6 is 0 Å². The molecule has 0 bridgehead atoms. The van der Waals surface area contributed by atoms with Crippen molar-refractivity contribution in [2.75, 3.05) is 63.7 Å². The summed E-state index contributed by atoms with van der Waals surface area (Å²) in [5.74, 6) is 0. The lowest BCUT2D eigenvalue weighted by molar-refractivity contribution is 0.0845. The molecule has 144 valence electrons. The smallest absolute Gasteiger partial charge is 0.321 e. The van der Waals surface area contributed by atoms with E-state index in [1.54, 1.807) is 0 Å². The van der Waals surface area contributed by atoms with E-state index in [0.717, 1.165) is 43.0 Å². The third kappa shape index (κ3) is 4.28. The van der Waals surface area contributed by atoms with Gasteiger partial charge in [-0.2, -0.15) is 0 Å². The minimum absolute atomic E-state index is 0.0528. The van der Waals surface area contributed by atoms with Crippen molar-refractivity contribution >= 4 is 17.4 Å². The molecule has 3 rings (SSSR count). The average Bonchev–Trinajstić information content (AvgIpc) is 2.89. The molecule has 7 nitrogen and oxygen atoms in total. The number of carbonyl (C=O) groups is 1. The molecule has 2 fully saturated rings. The quantitative estimate of drug-likeness (QED) is 0.850. The number of amides is 2. The first-order chi connectivity index (χ1) is 12.5. The SMILES string of the molecule is Cc1ccc(N(C)C)cc1NC(=O)N1CCCN([C@@H]2COC[C@H]2O)CC1. The number of anilines is 2. The maximum Gasteiger partial charge on any atom is 0.321 e. The van der Waals surface area contributed by atoms with Crippen molar-refractivity contribution in [3.63, 3.8) is 0 Å². The predicted molar refractivity (Wildman–Crippen MR) is 103 cm³/mol. The number of urea groups is 1. The first kappa shape index (κ1) is 18.9. The Morgan fingerprint density at radius 1 is 1.23 bits per heavy atom. The van der Waals surface area contributed by atoms with Gasteiger partial charge in [0.25, 0.3) is 0 Å². The number of nitrogens with one attached hydrogen (secondary N) is 1. The molecule has 2 aliphatic heterocycles. The lowest BCUT2D eigenvalue weighted by Crippen LogP contribution is -2.45. The predicted octanol–water partition coefficient (Wildman–Crippen LogP) is 1.36. The van der Waals surface area contributed by atoms with E-state index in [1.807, 2.05) is 49.0 Å². The van der Waals surface area contributed by atoms with Crippen LogP contribution in [-0.4, -0.2) is 86.6 Å². The molecular weight excluding hydrogens is 332 g/mol. The number of carbonyl (C=O) groups excluding carboxylic acids is 1. The average molecular weight is 362 g/mol. The Morgan fingerprint density at radius 3 is 2.73 bits per heavy atom. The molecule has 2 heterocycles. The fourth-order valence-corrected chi connectivity index (χ4v) is 3.57. The minimum atomic E-state index is -0.424. The third-order valence-electron chi connectivity index (χ3n) is 5.29. The van der Waals surface area contributed by atoms with Gasteiger partial charge in [-0.05, 0) is 31.0 Å². The Morgan fingerprint density at radius 2 is 2.04 bits per heavy atom. The fraction of sp³-hybridized carbons (Fsp3) is 0.632. The molecule has 26 heavy (non-hydrogen) atoms. The molecule has 1 aromatic rings. The summed E-state index contributed by atoms with van der Waals surface area (Å²) in [6.45, 7) is 6.00. The van der Waals surface area contributed by atoms with Gasteiger partial charge in [0, 0.05) is 51.6 Å². The van der Waals surface area contributed by atoms with Gasteiger partial charge in [0.1, 0.15) is 0 Å². The van der Waals surface area contributed by atoms with Gasteiger partial charge in [-0.1, -0.05) is 6.07 Å². The monoisotopic (exact) mass is 362 g/mol. The van der Waals surface area contributed by atoms with Crippen molar-refractivity contribution < 1.29 is 14.6 Å². The maximum atomic E-state index is 12.8. The Labute approximate surface area is 155 Å². The van der Waals surface area contributed by atoms with Crippen LogP contribution in [-0.2, 0) is 4.74 Å². The Bertz CT molecular complexity index is 637. The molecule has 0 saturated carbocycles. The topological polar surface area (TPSA) is 68.3 Å². The first-order valence-corrected chi connectivity index (χ1v) is 9.29. The van der Waals surface area contributed by atoms with Gasteiger partial charge in [0.05, 0.1) is 25.4 Å². The lowest BCUT2D eigenvalue weighted by atomic mass is 10.1. The molecule has 2 aliphatic rings. The van der Waals surface area contributed by atoms with Gasteiger partial charge in [-0.15, -0.1) is 0 Å². The zero-order valence-corrected chi connectivity index (χ0v) is 15.9. The van der Waals surface area contributed by atoms with Crippen LogP contribution in [0, 0.1) is 6.92 Å². The van der Waals surface area contributed by atoms with Crippen molar-refractivity contribution in [1.29, 1.82) is 0 Å². The molecule has 2 atom stereocenters. The van der Waals surface area contributed by atoms with Crippen molar-refractivity contribution in [3.8, 4) is 0 Å². The highest BCUT2D eigenvalue weighted by molar-refractivity contribution is 5.90. The first-order valence-electron chi connectivity index (χ1n) is 9.29. The standard InChI is InChI=1S/C19H30N4O3/c1-14-5-6-15(21(2)3)11-16(14)20-19(25)23-8-4-7-22(9-10-23)17-12-26-13-18(17)24/h5-6,11,17-18,24H,4,7-10,12-13H2,1-3H3,(H,20,25)/t17-,18-/m1/s1. The normalized spacial score (nSPS) is 24.4. The van der Waals surface area contributed by atoms with Crippen molar-refractivity contribution in [3.05, 3.63) is 23.8 Å². The molecule has 2 amide bonds. The zero-order chi connectivity index (χ0) is 18.7. The number of ether oxygens (including phenoxy) is 1. The van der Waals surface area contributed by atoms with E-state index in [-0.39, 0.29) is 12.1 Å². The molecule has 2 saturated heterocycles. The number of benzene rings is 1. The van der Waals surface area contributed by atoms with Gasteiger partial charge in [0.15, 0.2) is 0 Å². The summed E-state index contributed by atoms with van der Waals surface area (Å²) in [5.41, 5.74) is 2.96. The molecular formula is C19H30N4O3. The highest BCUT2D eigenvalue weighted by atomic mass is 16.5. The second-order valence-electron chi connectivity index (χ2n) is 7.37. The van der Waals surface area contributed by atoms with Gasteiger partial charge in [-0.3, -0.25) is 4.90 Å². The van der Waals surface area contributed by atoms with E-state index < -0.39 is 6.10 Å². The highest BCUT2D eigenvalue weighted by Crippen LogP contribution is 2.23. The lowest BCUT2D eigenvalue weighted by Gasteiger charge is -2.28. The minimum Gasteiger partial charge on any atom is -0.389 e. The molecule has 0 aliphatic carbocycles. The van der Waals surface area contributed by atoms with E-state index in [1.165, 1.54) is 0 Å². The van der Waals surface area contributed by atoms with Gasteiger partial charge in [-0.25, -0.2) is 4.79 Å². The summed E-state index contributed by atoms with van der Waals surface area (Å²) < 4.78 is 5.37. The second kappa shape index (κ2) is 8.24. The number of aryl methyl sites for hydroxylation is 1. The highest BCUT2D eigenvalue weighted by Gasteiger charge is 2.33. The molecule has 2 N–H and O–H groups in total. The van der Waals surface area contributed by atoms with E-state index >= 15 is 0 Å². The Hall–Kier alpha value is -1.83. The fourth-order valence-electron chi connectivity index (χ4n) is 3.57. The van der Waals surface area contributed by atoms with Crippen LogP contribution in [0.3, 0.4) is 0 Å². The van der Waals surface area contributed by atoms with Gasteiger partial charge >= 0.3 is 6.03 Å². The molecule has 0 aromatic heterocycles. The number of nitrogens with zero attached hydrogens (tertiary/aromatic N) is 3. The maximum absolute atomic E-state index is 12.8. The van der Waals surface area contributed by atoms with Crippen molar-refractivity contribution in [1.82, 2.24) is 9.80 Å². The van der Waals surface area contributed by atoms with E-state index in [4.69, 9.17) is 4.74 Å². The Balaban J connectivity index is 1.61. The number of aliphatic hydroxyl groups excluding tert-OH is 1. The molecule has 0 radical (unpaired) electrons. The summed E-state index contributed by atoms with van der Waals surface area (Å²) in [6, 6.07) is 6.07. The van der Waals surface area contributed by atoms with Gasteiger partial charge < -0.3 is 25.0 Å². The number of aliphatic hydroxyl groups is 1. The summed E-state index contributed by atoms with van der Waals surface area (Å²) in [5, 5.41) is 13.1. The van der Waals surface area contributed by atoms with E-state index in [0.29, 0.717) is 19.8 Å². The molecule has 0 unspecified atom stereocenters. The number of hydrogen-bond acceptors (Lipinski definition) is 5. The summed E-state index contributed by atoms with van der Waals surface area (Å²) in [4.78, 5) is 18.9. The summed E-state index contributed by atoms with van der Waals surface area (Å²) in [6.07, 6.45) is 0.472. The van der Waals surface area contributed by atoms with Crippen LogP contribution in [0.1, 0.15) is 12.0 Å². The molecule has 0 spiro atoms. The molecule has 7 heteroatoms. The van der Waals surface area contributed by atoms with Crippen LogP contribution in [0.2, 0.25) is 0 Å². The van der Waals surface area contributed by atoms with Crippen LogP contribution in [0.15, 0.2) is 18.2 Å². The van der Waals surface area contributed by atoms with E-state index in [9.17, 15) is 9.90 Å². The molecule has 1 aromatic carbocycles. The van der Waals surface area contributed by atoms with Crippen LogP contribution in [0.4, 0.5) is 16.2 Å². The van der Waals surface area contributed by atoms with Gasteiger partial charge in [0.2, 0.25) is 0 Å². The van der Waals surface area contributed by atoms with Crippen molar-refractivity contribution in [2.45, 2.75) is 25.5 Å².